The highest BCUT2D eigenvalue weighted by atomic mass is 14.9. The third-order valence-corrected chi connectivity index (χ3v) is 3.18. The first-order chi connectivity index (χ1) is 9.55. The van der Waals surface area contributed by atoms with E-state index in [4.69, 9.17) is 0 Å². The van der Waals surface area contributed by atoms with Crippen LogP contribution in [-0.2, 0) is 26.9 Å². The van der Waals surface area contributed by atoms with Crippen molar-refractivity contribution in [1.29, 1.82) is 0 Å². The van der Waals surface area contributed by atoms with Crippen LogP contribution in [0.1, 0.15) is 44.4 Å². The molecule has 2 rings (SSSR count). The van der Waals surface area contributed by atoms with Crippen LogP contribution >= 0.6 is 0 Å². The van der Waals surface area contributed by atoms with Crippen molar-refractivity contribution < 1.29 is 9.13 Å². The average Bonchev–Trinajstić information content (AvgIpc) is 2.41. The standard InChI is InChI=1S/2C9H14N.CH4/c1-4-9-5-8(2)6-10(3)7-9;1-3-4-9-5-7-10(2)8-6-9;/h5-7H,4H2,1-3H3;5-8H,3-4H2,1-2H3;1H4/q2*+1;. The van der Waals surface area contributed by atoms with Crippen molar-refractivity contribution in [3.05, 3.63) is 59.7 Å². The van der Waals surface area contributed by atoms with Crippen LogP contribution in [0, 0.1) is 6.92 Å². The molecule has 0 amide bonds. The summed E-state index contributed by atoms with van der Waals surface area (Å²) in [4.78, 5) is 0. The van der Waals surface area contributed by atoms with Gasteiger partial charge < -0.3 is 0 Å². The summed E-state index contributed by atoms with van der Waals surface area (Å²) in [7, 11) is 4.10. The molecular formula is C19H32N2+2. The molecule has 0 saturated carbocycles. The molecule has 0 aromatic carbocycles. The van der Waals surface area contributed by atoms with E-state index in [0.29, 0.717) is 0 Å². The molecule has 0 aliphatic carbocycles. The molecule has 0 saturated heterocycles. The molecule has 0 atom stereocenters. The van der Waals surface area contributed by atoms with Gasteiger partial charge in [0.2, 0.25) is 0 Å². The largest absolute Gasteiger partial charge is 0.208 e. The van der Waals surface area contributed by atoms with Gasteiger partial charge in [-0.15, -0.1) is 0 Å². The fourth-order valence-electron chi connectivity index (χ4n) is 2.17. The summed E-state index contributed by atoms with van der Waals surface area (Å²) in [5.74, 6) is 0. The first kappa shape index (κ1) is 19.3. The van der Waals surface area contributed by atoms with Crippen LogP contribution in [0.15, 0.2) is 43.0 Å². The summed E-state index contributed by atoms with van der Waals surface area (Å²) in [6, 6.07) is 6.56. The Morgan fingerprint density at radius 3 is 2.00 bits per heavy atom. The van der Waals surface area contributed by atoms with E-state index in [1.165, 1.54) is 29.5 Å². The predicted molar refractivity (Wildman–Crippen MR) is 90.1 cm³/mol. The second kappa shape index (κ2) is 10.1. The van der Waals surface area contributed by atoms with Gasteiger partial charge in [-0.2, -0.15) is 0 Å². The Morgan fingerprint density at radius 1 is 0.905 bits per heavy atom. The van der Waals surface area contributed by atoms with Gasteiger partial charge in [-0.25, -0.2) is 9.13 Å². The quantitative estimate of drug-likeness (QED) is 0.764. The number of pyridine rings is 2. The monoisotopic (exact) mass is 288 g/mol. The van der Waals surface area contributed by atoms with E-state index in [9.17, 15) is 0 Å². The molecule has 116 valence electrons. The smallest absolute Gasteiger partial charge is 0.171 e. The van der Waals surface area contributed by atoms with E-state index >= 15 is 0 Å². The second-order valence-electron chi connectivity index (χ2n) is 5.36. The molecule has 2 heteroatoms. The van der Waals surface area contributed by atoms with Crippen molar-refractivity contribution >= 4 is 0 Å². The molecule has 0 radical (unpaired) electrons. The van der Waals surface area contributed by atoms with Crippen LogP contribution < -0.4 is 9.13 Å². The van der Waals surface area contributed by atoms with Gasteiger partial charge in [0.15, 0.2) is 24.8 Å². The minimum absolute atomic E-state index is 0. The van der Waals surface area contributed by atoms with E-state index in [1.807, 2.05) is 7.05 Å². The van der Waals surface area contributed by atoms with E-state index in [0.717, 1.165) is 6.42 Å². The van der Waals surface area contributed by atoms with Crippen molar-refractivity contribution in [2.75, 3.05) is 0 Å². The van der Waals surface area contributed by atoms with Gasteiger partial charge in [0, 0.05) is 23.3 Å². The summed E-state index contributed by atoms with van der Waals surface area (Å²) in [5.41, 5.74) is 4.17. The fourth-order valence-corrected chi connectivity index (χ4v) is 2.17. The highest BCUT2D eigenvalue weighted by Crippen LogP contribution is 1.99. The molecule has 2 heterocycles. The third-order valence-electron chi connectivity index (χ3n) is 3.18. The Hall–Kier alpha value is -1.70. The number of aryl methyl sites for hydroxylation is 5. The predicted octanol–water partition coefficient (Wildman–Crippen LogP) is 3.48. The molecule has 2 aromatic rings. The van der Waals surface area contributed by atoms with Gasteiger partial charge in [-0.3, -0.25) is 0 Å². The summed E-state index contributed by atoms with van der Waals surface area (Å²) in [5, 5.41) is 0. The van der Waals surface area contributed by atoms with Crippen molar-refractivity contribution in [2.24, 2.45) is 14.1 Å². The Balaban J connectivity index is 0.000000364. The highest BCUT2D eigenvalue weighted by Gasteiger charge is 1.97. The summed E-state index contributed by atoms with van der Waals surface area (Å²) in [6.45, 7) is 6.50. The van der Waals surface area contributed by atoms with Gasteiger partial charge in [0.05, 0.1) is 0 Å². The van der Waals surface area contributed by atoms with Crippen LogP contribution in [-0.4, -0.2) is 0 Å². The van der Waals surface area contributed by atoms with Gasteiger partial charge in [-0.05, 0) is 31.4 Å². The average molecular weight is 288 g/mol. The minimum Gasteiger partial charge on any atom is -0.208 e. The topological polar surface area (TPSA) is 7.76 Å². The molecule has 2 nitrogen and oxygen atoms in total. The summed E-state index contributed by atoms with van der Waals surface area (Å²) in [6.07, 6.45) is 12.0. The van der Waals surface area contributed by atoms with Crippen LogP contribution in [0.25, 0.3) is 0 Å². The van der Waals surface area contributed by atoms with Crippen LogP contribution in [0.4, 0.5) is 0 Å². The number of rotatable bonds is 3. The maximum absolute atomic E-state index is 2.22. The lowest BCUT2D eigenvalue weighted by Crippen LogP contribution is -2.27. The summed E-state index contributed by atoms with van der Waals surface area (Å²) < 4.78 is 4.16. The normalized spacial score (nSPS) is 9.38. The van der Waals surface area contributed by atoms with Crippen LogP contribution in [0.2, 0.25) is 0 Å². The lowest BCUT2D eigenvalue weighted by atomic mass is 10.2. The van der Waals surface area contributed by atoms with E-state index in [1.54, 1.807) is 0 Å². The van der Waals surface area contributed by atoms with Gasteiger partial charge >= 0.3 is 0 Å². The molecule has 0 bridgehead atoms. The zero-order chi connectivity index (χ0) is 15.0. The maximum atomic E-state index is 2.22. The first-order valence-electron chi connectivity index (χ1n) is 7.45. The van der Waals surface area contributed by atoms with Crippen LogP contribution in [0.3, 0.4) is 0 Å². The van der Waals surface area contributed by atoms with E-state index in [2.05, 4.69) is 79.9 Å². The van der Waals surface area contributed by atoms with Crippen molar-refractivity contribution in [1.82, 2.24) is 0 Å². The number of aromatic nitrogens is 2. The highest BCUT2D eigenvalue weighted by molar-refractivity contribution is 5.13. The number of nitrogens with zero attached hydrogens (tertiary/aromatic N) is 2. The Morgan fingerprint density at radius 2 is 1.52 bits per heavy atom. The molecular weight excluding hydrogens is 256 g/mol. The molecule has 0 N–H and O–H groups in total. The van der Waals surface area contributed by atoms with Crippen molar-refractivity contribution in [2.45, 2.75) is 47.5 Å². The molecule has 0 unspecified atom stereocenters. The van der Waals surface area contributed by atoms with Gasteiger partial charge in [-0.1, -0.05) is 27.7 Å². The SMILES string of the molecule is C.CCCc1cc[n+](C)cc1.CCc1cc(C)c[n+](C)c1. The van der Waals surface area contributed by atoms with Crippen LogP contribution in [0.5, 0.6) is 0 Å². The van der Waals surface area contributed by atoms with Crippen molar-refractivity contribution in [3.63, 3.8) is 0 Å². The summed E-state index contributed by atoms with van der Waals surface area (Å²) >= 11 is 0. The molecule has 0 spiro atoms. The number of hydrogen-bond acceptors (Lipinski definition) is 0. The Bertz CT molecular complexity index is 495. The minimum atomic E-state index is 0. The molecule has 21 heavy (non-hydrogen) atoms. The van der Waals surface area contributed by atoms with Crippen molar-refractivity contribution in [3.8, 4) is 0 Å². The zero-order valence-corrected chi connectivity index (χ0v) is 13.6. The number of hydrogen-bond donors (Lipinski definition) is 0. The molecule has 0 aliphatic rings. The fraction of sp³-hybridized carbons (Fsp3) is 0.474. The van der Waals surface area contributed by atoms with Gasteiger partial charge in [0.1, 0.15) is 14.1 Å². The molecule has 0 aliphatic heterocycles. The maximum Gasteiger partial charge on any atom is 0.171 e. The third kappa shape index (κ3) is 7.60. The lowest BCUT2D eigenvalue weighted by Gasteiger charge is -1.94. The van der Waals surface area contributed by atoms with E-state index in [-0.39, 0.29) is 7.43 Å². The zero-order valence-electron chi connectivity index (χ0n) is 13.6. The molecule has 2 aromatic heterocycles. The molecule has 0 fully saturated rings. The Labute approximate surface area is 131 Å². The Kier molecular flexibility index (Phi) is 9.27. The van der Waals surface area contributed by atoms with Gasteiger partial charge in [0.25, 0.3) is 0 Å². The van der Waals surface area contributed by atoms with E-state index < -0.39 is 0 Å². The lowest BCUT2D eigenvalue weighted by molar-refractivity contribution is -0.672. The second-order valence-corrected chi connectivity index (χ2v) is 5.36. The first-order valence-corrected chi connectivity index (χ1v) is 7.45.